The zero-order chi connectivity index (χ0) is 15.1. The zero-order valence-corrected chi connectivity index (χ0v) is 11.6. The van der Waals surface area contributed by atoms with Crippen LogP contribution in [0, 0.1) is 0 Å². The van der Waals surface area contributed by atoms with Gasteiger partial charge in [-0.25, -0.2) is 14.8 Å². The van der Waals surface area contributed by atoms with E-state index >= 15 is 0 Å². The van der Waals surface area contributed by atoms with Crippen LogP contribution in [0.25, 0.3) is 11.0 Å². The molecule has 0 aliphatic rings. The topological polar surface area (TPSA) is 124 Å². The summed E-state index contributed by atoms with van der Waals surface area (Å²) in [4.78, 5) is 33.4. The molecule has 21 heavy (non-hydrogen) atoms. The number of nitrogen functional groups attached to an aromatic ring is 1. The Bertz CT molecular complexity index is 955. The predicted octanol–water partition coefficient (Wildman–Crippen LogP) is -0.503. The second-order valence-corrected chi connectivity index (χ2v) is 4.80. The van der Waals surface area contributed by atoms with Gasteiger partial charge in [0.1, 0.15) is 10.8 Å². The number of aromatic nitrogens is 6. The summed E-state index contributed by atoms with van der Waals surface area (Å²) in [6.45, 7) is 0.0284. The van der Waals surface area contributed by atoms with Crippen molar-refractivity contribution in [3.63, 3.8) is 0 Å². The van der Waals surface area contributed by atoms with Crippen LogP contribution in [0.15, 0.2) is 22.0 Å². The van der Waals surface area contributed by atoms with Crippen molar-refractivity contribution in [3.05, 3.63) is 44.1 Å². The fraction of sp³-hybridized carbons (Fsp3) is 0.182. The standard InChI is InChI=1S/C11H10ClN7O2/c1-18-9-5(2-14-18)8(13)15-7(16-9)4-19-3-6(12)10(20)17-11(19)21/h2-3H,4H2,1H3,(H2,13,15,16)(H,17,20,21). The number of rotatable bonds is 2. The minimum atomic E-state index is -0.638. The molecule has 0 aliphatic heterocycles. The molecule has 0 saturated carbocycles. The van der Waals surface area contributed by atoms with Crippen molar-refractivity contribution in [2.75, 3.05) is 5.73 Å². The van der Waals surface area contributed by atoms with Crippen molar-refractivity contribution in [1.82, 2.24) is 29.3 Å². The van der Waals surface area contributed by atoms with Crippen LogP contribution in [-0.2, 0) is 13.6 Å². The first-order valence-electron chi connectivity index (χ1n) is 5.89. The lowest BCUT2D eigenvalue weighted by molar-refractivity contribution is 0.685. The molecule has 0 aliphatic carbocycles. The van der Waals surface area contributed by atoms with E-state index in [0.717, 1.165) is 0 Å². The largest absolute Gasteiger partial charge is 0.383 e. The normalized spacial score (nSPS) is 11.1. The van der Waals surface area contributed by atoms with Gasteiger partial charge in [0.15, 0.2) is 11.5 Å². The lowest BCUT2D eigenvalue weighted by Gasteiger charge is -2.06. The molecular weight excluding hydrogens is 298 g/mol. The van der Waals surface area contributed by atoms with Crippen molar-refractivity contribution >= 4 is 28.5 Å². The molecule has 0 aromatic carbocycles. The van der Waals surface area contributed by atoms with Crippen molar-refractivity contribution in [1.29, 1.82) is 0 Å². The van der Waals surface area contributed by atoms with Gasteiger partial charge in [-0.1, -0.05) is 11.6 Å². The van der Waals surface area contributed by atoms with Crippen LogP contribution in [0.1, 0.15) is 5.82 Å². The fourth-order valence-electron chi connectivity index (χ4n) is 1.91. The number of nitrogens with zero attached hydrogens (tertiary/aromatic N) is 5. The summed E-state index contributed by atoms with van der Waals surface area (Å²) >= 11 is 5.70. The van der Waals surface area contributed by atoms with E-state index < -0.39 is 11.2 Å². The Hall–Kier alpha value is -2.68. The molecule has 3 aromatic heterocycles. The number of H-pyrrole nitrogens is 1. The van der Waals surface area contributed by atoms with Crippen LogP contribution >= 0.6 is 11.6 Å². The van der Waals surface area contributed by atoms with Crippen LogP contribution in [0.5, 0.6) is 0 Å². The van der Waals surface area contributed by atoms with Gasteiger partial charge in [-0.3, -0.25) is 19.0 Å². The minimum absolute atomic E-state index is 0.0284. The van der Waals surface area contributed by atoms with Crippen LogP contribution in [0.4, 0.5) is 5.82 Å². The molecular formula is C11H10ClN7O2. The van der Waals surface area contributed by atoms with Gasteiger partial charge >= 0.3 is 5.69 Å². The summed E-state index contributed by atoms with van der Waals surface area (Å²) in [5.41, 5.74) is 5.16. The summed E-state index contributed by atoms with van der Waals surface area (Å²) < 4.78 is 2.75. The Morgan fingerprint density at radius 2 is 2.14 bits per heavy atom. The first-order chi connectivity index (χ1) is 9.95. The lowest BCUT2D eigenvalue weighted by atomic mass is 10.4. The number of fused-ring (bicyclic) bond motifs is 1. The third kappa shape index (κ3) is 2.27. The van der Waals surface area contributed by atoms with E-state index in [2.05, 4.69) is 20.1 Å². The molecule has 108 valence electrons. The third-order valence-corrected chi connectivity index (χ3v) is 3.22. The van der Waals surface area contributed by atoms with Gasteiger partial charge in [0.05, 0.1) is 18.1 Å². The second kappa shape index (κ2) is 4.70. The number of hydrogen-bond acceptors (Lipinski definition) is 6. The predicted molar refractivity (Wildman–Crippen MR) is 76.2 cm³/mol. The van der Waals surface area contributed by atoms with E-state index in [-0.39, 0.29) is 17.4 Å². The van der Waals surface area contributed by atoms with Gasteiger partial charge in [0, 0.05) is 13.2 Å². The first-order valence-corrected chi connectivity index (χ1v) is 6.27. The molecule has 0 fully saturated rings. The molecule has 0 spiro atoms. The van der Waals surface area contributed by atoms with Gasteiger partial charge in [0.25, 0.3) is 5.56 Å². The van der Waals surface area contributed by atoms with Gasteiger partial charge in [0.2, 0.25) is 0 Å². The maximum Gasteiger partial charge on any atom is 0.328 e. The maximum atomic E-state index is 11.7. The first kappa shape index (κ1) is 13.3. The van der Waals surface area contributed by atoms with E-state index in [1.165, 1.54) is 10.8 Å². The average molecular weight is 308 g/mol. The number of aromatic amines is 1. The summed E-state index contributed by atoms with van der Waals surface area (Å²) in [6, 6.07) is 0. The molecule has 0 amide bonds. The Kier molecular flexibility index (Phi) is 2.98. The van der Waals surface area contributed by atoms with Gasteiger partial charge < -0.3 is 5.73 Å². The maximum absolute atomic E-state index is 11.7. The smallest absolute Gasteiger partial charge is 0.328 e. The molecule has 0 atom stereocenters. The second-order valence-electron chi connectivity index (χ2n) is 4.39. The number of aryl methyl sites for hydroxylation is 1. The van der Waals surface area contributed by atoms with Gasteiger partial charge in [-0.05, 0) is 0 Å². The highest BCUT2D eigenvalue weighted by Gasteiger charge is 2.11. The highest BCUT2D eigenvalue weighted by molar-refractivity contribution is 6.30. The molecule has 3 N–H and O–H groups in total. The molecule has 0 saturated heterocycles. The van der Waals surface area contributed by atoms with Gasteiger partial charge in [-0.15, -0.1) is 0 Å². The van der Waals surface area contributed by atoms with E-state index in [4.69, 9.17) is 17.3 Å². The fourth-order valence-corrected chi connectivity index (χ4v) is 2.08. The van der Waals surface area contributed by atoms with Crippen molar-refractivity contribution < 1.29 is 0 Å². The highest BCUT2D eigenvalue weighted by atomic mass is 35.5. The van der Waals surface area contributed by atoms with Crippen molar-refractivity contribution in [2.24, 2.45) is 7.05 Å². The zero-order valence-electron chi connectivity index (χ0n) is 10.9. The van der Waals surface area contributed by atoms with E-state index in [9.17, 15) is 9.59 Å². The quantitative estimate of drug-likeness (QED) is 0.657. The molecule has 3 aromatic rings. The van der Waals surface area contributed by atoms with Crippen LogP contribution < -0.4 is 17.0 Å². The van der Waals surface area contributed by atoms with Gasteiger partial charge in [-0.2, -0.15) is 5.10 Å². The molecule has 0 radical (unpaired) electrons. The molecule has 3 rings (SSSR count). The van der Waals surface area contributed by atoms with Crippen LogP contribution in [0.3, 0.4) is 0 Å². The molecule has 10 heteroatoms. The molecule has 0 unspecified atom stereocenters. The highest BCUT2D eigenvalue weighted by Crippen LogP contribution is 2.16. The van der Waals surface area contributed by atoms with E-state index in [1.807, 2.05) is 0 Å². The number of anilines is 1. The number of halogens is 1. The monoisotopic (exact) mass is 307 g/mol. The Morgan fingerprint density at radius 1 is 1.38 bits per heavy atom. The summed E-state index contributed by atoms with van der Waals surface area (Å²) in [7, 11) is 1.72. The molecule has 3 heterocycles. The van der Waals surface area contributed by atoms with E-state index in [1.54, 1.807) is 17.9 Å². The number of nitrogens with two attached hydrogens (primary N) is 1. The summed E-state index contributed by atoms with van der Waals surface area (Å²) in [5, 5.41) is 4.58. The Morgan fingerprint density at radius 3 is 2.90 bits per heavy atom. The van der Waals surface area contributed by atoms with Crippen LogP contribution in [-0.4, -0.2) is 29.3 Å². The lowest BCUT2D eigenvalue weighted by Crippen LogP contribution is -2.30. The number of nitrogens with one attached hydrogen (secondary N) is 1. The van der Waals surface area contributed by atoms with Crippen LogP contribution in [0.2, 0.25) is 5.02 Å². The minimum Gasteiger partial charge on any atom is -0.383 e. The van der Waals surface area contributed by atoms with E-state index in [0.29, 0.717) is 16.9 Å². The number of hydrogen-bond donors (Lipinski definition) is 2. The third-order valence-electron chi connectivity index (χ3n) is 2.95. The average Bonchev–Trinajstić information content (AvgIpc) is 2.78. The Labute approximate surface area is 122 Å². The summed E-state index contributed by atoms with van der Waals surface area (Å²) in [5.74, 6) is 0.584. The summed E-state index contributed by atoms with van der Waals surface area (Å²) in [6.07, 6.45) is 2.80. The van der Waals surface area contributed by atoms with Crippen molar-refractivity contribution in [2.45, 2.75) is 6.54 Å². The molecule has 9 nitrogen and oxygen atoms in total. The van der Waals surface area contributed by atoms with Crippen molar-refractivity contribution in [3.8, 4) is 0 Å². The SMILES string of the molecule is Cn1ncc2c(N)nc(Cn3cc(Cl)c(=O)[nH]c3=O)nc21. The Balaban J connectivity index is 2.10. The molecule has 0 bridgehead atoms.